The molecule has 0 aliphatic heterocycles. The maximum atomic E-state index is 11.3. The molecule has 0 aromatic heterocycles. The number of aryl methyl sites for hydroxylation is 1. The molecule has 1 rings (SSSR count). The predicted octanol–water partition coefficient (Wildman–Crippen LogP) is 2.52. The first-order valence-corrected chi connectivity index (χ1v) is 6.09. The van der Waals surface area contributed by atoms with Gasteiger partial charge in [-0.2, -0.15) is 0 Å². The van der Waals surface area contributed by atoms with Gasteiger partial charge in [0.05, 0.1) is 6.61 Å². The first kappa shape index (κ1) is 14.2. The summed E-state index contributed by atoms with van der Waals surface area (Å²) >= 11 is 0. The summed E-state index contributed by atoms with van der Waals surface area (Å²) in [5.74, 6) is 0. The number of hydrogen-bond acceptors (Lipinski definition) is 3. The summed E-state index contributed by atoms with van der Waals surface area (Å²) in [7, 11) is 1.72. The topological polar surface area (TPSA) is 46.6 Å². The van der Waals surface area contributed by atoms with E-state index in [4.69, 9.17) is 4.74 Å². The number of carbonyl (C=O) groups is 2. The van der Waals surface area contributed by atoms with Gasteiger partial charge in [-0.1, -0.05) is 18.2 Å². The molecule has 4 nitrogen and oxygen atoms in total. The van der Waals surface area contributed by atoms with Crippen molar-refractivity contribution in [3.05, 3.63) is 35.4 Å². The van der Waals surface area contributed by atoms with Crippen LogP contribution >= 0.6 is 0 Å². The van der Waals surface area contributed by atoms with Crippen LogP contribution in [-0.4, -0.2) is 37.5 Å². The van der Waals surface area contributed by atoms with Crippen LogP contribution < -0.4 is 0 Å². The monoisotopic (exact) mass is 249 g/mol. The standard InChI is InChI=1S/C14H19NO3/c1-3-18-14(17)15(2)9-5-8-12-6-4-7-13(10-12)11-16/h4,6-7,10-11H,3,5,8-9H2,1-2H3. The quantitative estimate of drug-likeness (QED) is 0.728. The predicted molar refractivity (Wildman–Crippen MR) is 69.8 cm³/mol. The van der Waals surface area contributed by atoms with Crippen molar-refractivity contribution in [3.8, 4) is 0 Å². The van der Waals surface area contributed by atoms with E-state index in [0.717, 1.165) is 24.7 Å². The Labute approximate surface area is 108 Å². The number of carbonyl (C=O) groups excluding carboxylic acids is 2. The molecular weight excluding hydrogens is 230 g/mol. The van der Waals surface area contributed by atoms with E-state index in [1.54, 1.807) is 24.9 Å². The zero-order valence-corrected chi connectivity index (χ0v) is 10.9. The number of rotatable bonds is 6. The Morgan fingerprint density at radius 1 is 1.44 bits per heavy atom. The molecule has 18 heavy (non-hydrogen) atoms. The van der Waals surface area contributed by atoms with Crippen molar-refractivity contribution >= 4 is 12.4 Å². The summed E-state index contributed by atoms with van der Waals surface area (Å²) < 4.78 is 4.88. The van der Waals surface area contributed by atoms with Gasteiger partial charge in [-0.25, -0.2) is 4.79 Å². The molecule has 0 atom stereocenters. The molecule has 0 spiro atoms. The van der Waals surface area contributed by atoms with Crippen molar-refractivity contribution in [1.82, 2.24) is 4.90 Å². The molecule has 0 heterocycles. The molecule has 1 aromatic rings. The molecule has 0 N–H and O–H groups in total. The van der Waals surface area contributed by atoms with Crippen molar-refractivity contribution in [2.45, 2.75) is 19.8 Å². The molecule has 0 saturated carbocycles. The SMILES string of the molecule is CCOC(=O)N(C)CCCc1cccc(C=O)c1. The maximum Gasteiger partial charge on any atom is 0.409 e. The third-order valence-electron chi connectivity index (χ3n) is 2.63. The van der Waals surface area contributed by atoms with Gasteiger partial charge in [-0.05, 0) is 31.4 Å². The fourth-order valence-corrected chi connectivity index (χ4v) is 1.67. The van der Waals surface area contributed by atoms with E-state index in [0.29, 0.717) is 18.7 Å². The van der Waals surface area contributed by atoms with Crippen molar-refractivity contribution in [3.63, 3.8) is 0 Å². The van der Waals surface area contributed by atoms with E-state index in [9.17, 15) is 9.59 Å². The van der Waals surface area contributed by atoms with Crippen molar-refractivity contribution in [2.24, 2.45) is 0 Å². The molecule has 0 aliphatic rings. The Balaban J connectivity index is 2.36. The van der Waals surface area contributed by atoms with Gasteiger partial charge in [-0.15, -0.1) is 0 Å². The molecule has 98 valence electrons. The molecule has 1 aromatic carbocycles. The van der Waals surface area contributed by atoms with E-state index in [-0.39, 0.29) is 6.09 Å². The van der Waals surface area contributed by atoms with Crippen LogP contribution in [0.15, 0.2) is 24.3 Å². The minimum absolute atomic E-state index is 0.292. The van der Waals surface area contributed by atoms with E-state index in [2.05, 4.69) is 0 Å². The lowest BCUT2D eigenvalue weighted by Crippen LogP contribution is -2.28. The fraction of sp³-hybridized carbons (Fsp3) is 0.429. The third-order valence-corrected chi connectivity index (χ3v) is 2.63. The molecule has 0 bridgehead atoms. The average molecular weight is 249 g/mol. The van der Waals surface area contributed by atoms with Crippen molar-refractivity contribution < 1.29 is 14.3 Å². The van der Waals surface area contributed by atoms with Gasteiger partial charge < -0.3 is 9.64 Å². The summed E-state index contributed by atoms with van der Waals surface area (Å²) in [5, 5.41) is 0. The Morgan fingerprint density at radius 2 is 2.22 bits per heavy atom. The Morgan fingerprint density at radius 3 is 2.89 bits per heavy atom. The molecular formula is C14H19NO3. The molecule has 0 saturated heterocycles. The highest BCUT2D eigenvalue weighted by molar-refractivity contribution is 5.74. The smallest absolute Gasteiger partial charge is 0.409 e. The van der Waals surface area contributed by atoms with Crippen molar-refractivity contribution in [1.29, 1.82) is 0 Å². The zero-order chi connectivity index (χ0) is 13.4. The van der Waals surface area contributed by atoms with Gasteiger partial charge >= 0.3 is 6.09 Å². The highest BCUT2D eigenvalue weighted by atomic mass is 16.5. The molecule has 4 heteroatoms. The van der Waals surface area contributed by atoms with Gasteiger partial charge in [0.25, 0.3) is 0 Å². The minimum Gasteiger partial charge on any atom is -0.450 e. The van der Waals surface area contributed by atoms with E-state index < -0.39 is 0 Å². The van der Waals surface area contributed by atoms with Gasteiger partial charge in [-0.3, -0.25) is 4.79 Å². The first-order valence-electron chi connectivity index (χ1n) is 6.09. The molecule has 1 amide bonds. The van der Waals surface area contributed by atoms with Gasteiger partial charge in [0.2, 0.25) is 0 Å². The first-order chi connectivity index (χ1) is 8.67. The maximum absolute atomic E-state index is 11.3. The lowest BCUT2D eigenvalue weighted by Gasteiger charge is -2.16. The van der Waals surface area contributed by atoms with Gasteiger partial charge in [0.15, 0.2) is 0 Å². The third kappa shape index (κ3) is 4.57. The summed E-state index contributed by atoms with van der Waals surface area (Å²) in [4.78, 5) is 23.5. The summed E-state index contributed by atoms with van der Waals surface area (Å²) in [5.41, 5.74) is 1.79. The van der Waals surface area contributed by atoms with Gasteiger partial charge in [0, 0.05) is 19.2 Å². The zero-order valence-electron chi connectivity index (χ0n) is 10.9. The molecule has 0 fully saturated rings. The number of nitrogens with zero attached hydrogens (tertiary/aromatic N) is 1. The Kier molecular flexibility index (Phi) is 5.91. The van der Waals surface area contributed by atoms with Crippen LogP contribution in [0, 0.1) is 0 Å². The highest BCUT2D eigenvalue weighted by Gasteiger charge is 2.08. The largest absolute Gasteiger partial charge is 0.450 e. The normalized spacial score (nSPS) is 9.89. The summed E-state index contributed by atoms with van der Waals surface area (Å²) in [6, 6.07) is 7.50. The van der Waals surface area contributed by atoms with E-state index in [1.165, 1.54) is 0 Å². The summed E-state index contributed by atoms with van der Waals surface area (Å²) in [6.07, 6.45) is 2.23. The number of aldehydes is 1. The Hall–Kier alpha value is -1.84. The second-order valence-corrected chi connectivity index (χ2v) is 4.09. The summed E-state index contributed by atoms with van der Waals surface area (Å²) in [6.45, 7) is 2.82. The van der Waals surface area contributed by atoms with Crippen LogP contribution in [0.2, 0.25) is 0 Å². The Bertz CT molecular complexity index is 404. The van der Waals surface area contributed by atoms with Crippen molar-refractivity contribution in [2.75, 3.05) is 20.2 Å². The van der Waals surface area contributed by atoms with Crippen LogP contribution in [0.4, 0.5) is 4.79 Å². The highest BCUT2D eigenvalue weighted by Crippen LogP contribution is 2.06. The lowest BCUT2D eigenvalue weighted by atomic mass is 10.1. The molecule has 0 unspecified atom stereocenters. The second-order valence-electron chi connectivity index (χ2n) is 4.09. The average Bonchev–Trinajstić information content (AvgIpc) is 2.39. The molecule has 0 aliphatic carbocycles. The number of amides is 1. The van der Waals surface area contributed by atoms with E-state index >= 15 is 0 Å². The minimum atomic E-state index is -0.292. The van der Waals surface area contributed by atoms with Crippen LogP contribution in [-0.2, 0) is 11.2 Å². The van der Waals surface area contributed by atoms with Crippen LogP contribution in [0.5, 0.6) is 0 Å². The van der Waals surface area contributed by atoms with Crippen LogP contribution in [0.3, 0.4) is 0 Å². The van der Waals surface area contributed by atoms with Gasteiger partial charge in [0.1, 0.15) is 6.29 Å². The fourth-order valence-electron chi connectivity index (χ4n) is 1.67. The number of ether oxygens (including phenoxy) is 1. The van der Waals surface area contributed by atoms with Crippen LogP contribution in [0.25, 0.3) is 0 Å². The lowest BCUT2D eigenvalue weighted by molar-refractivity contribution is 0.112. The second kappa shape index (κ2) is 7.48. The van der Waals surface area contributed by atoms with E-state index in [1.807, 2.05) is 18.2 Å². The van der Waals surface area contributed by atoms with Crippen LogP contribution in [0.1, 0.15) is 29.3 Å². The number of hydrogen-bond donors (Lipinski definition) is 0. The molecule has 0 radical (unpaired) electrons. The number of benzene rings is 1.